The molecule has 96 valence electrons. The van der Waals surface area contributed by atoms with Crippen LogP contribution in [0.4, 0.5) is 13.2 Å². The van der Waals surface area contributed by atoms with Gasteiger partial charge in [0.15, 0.2) is 17.4 Å². The molecule has 18 heavy (non-hydrogen) atoms. The van der Waals surface area contributed by atoms with E-state index in [1.54, 1.807) is 0 Å². The highest BCUT2D eigenvalue weighted by molar-refractivity contribution is 5.94. The molecule has 0 fully saturated rings. The molecule has 6 heteroatoms. The highest BCUT2D eigenvalue weighted by Gasteiger charge is 2.22. The fourth-order valence-electron chi connectivity index (χ4n) is 1.24. The average Bonchev–Trinajstić information content (AvgIpc) is 2.36. The molecule has 0 bridgehead atoms. The number of phenolic OH excluding ortho intramolecular Hbond substituents is 1. The Labute approximate surface area is 102 Å². The van der Waals surface area contributed by atoms with Crippen molar-refractivity contribution in [3.63, 3.8) is 0 Å². The Kier molecular flexibility index (Phi) is 4.60. The highest BCUT2D eigenvalue weighted by Crippen LogP contribution is 2.25. The molecule has 1 aromatic carbocycles. The number of carbonyl (C=O) groups excluding carboxylic acids is 1. The lowest BCUT2D eigenvalue weighted by Crippen LogP contribution is -2.25. The van der Waals surface area contributed by atoms with Crippen LogP contribution in [0.15, 0.2) is 6.07 Å². The van der Waals surface area contributed by atoms with Gasteiger partial charge in [-0.05, 0) is 12.5 Å². The molecule has 0 spiro atoms. The third kappa shape index (κ3) is 2.94. The molecule has 0 unspecified atom stereocenters. The maximum atomic E-state index is 13.3. The molecule has 1 rings (SSSR count). The summed E-state index contributed by atoms with van der Waals surface area (Å²) in [7, 11) is 0. The van der Waals surface area contributed by atoms with Gasteiger partial charge in [-0.3, -0.25) is 4.79 Å². The second-order valence-electron chi connectivity index (χ2n) is 3.45. The van der Waals surface area contributed by atoms with Crippen LogP contribution >= 0.6 is 0 Å². The predicted molar refractivity (Wildman–Crippen MR) is 58.4 cm³/mol. The van der Waals surface area contributed by atoms with Crippen molar-refractivity contribution < 1.29 is 23.1 Å². The molecule has 0 radical (unpaired) electrons. The first-order valence-electron chi connectivity index (χ1n) is 5.07. The Morgan fingerprint density at radius 3 is 2.67 bits per heavy atom. The Bertz CT molecular complexity index is 509. The molecule has 0 aliphatic heterocycles. The number of aromatic hydroxyl groups is 1. The van der Waals surface area contributed by atoms with E-state index in [9.17, 15) is 18.0 Å². The molecule has 0 aliphatic carbocycles. The molecule has 3 nitrogen and oxygen atoms in total. The van der Waals surface area contributed by atoms with Crippen LogP contribution in [0.1, 0.15) is 23.2 Å². The van der Waals surface area contributed by atoms with E-state index >= 15 is 0 Å². The van der Waals surface area contributed by atoms with Gasteiger partial charge >= 0.3 is 0 Å². The van der Waals surface area contributed by atoms with Gasteiger partial charge in [-0.1, -0.05) is 0 Å². The molecule has 0 aliphatic rings. The molecule has 0 heterocycles. The predicted octanol–water partition coefficient (Wildman–Crippen LogP) is 1.95. The summed E-state index contributed by atoms with van der Waals surface area (Å²) >= 11 is 0. The fourth-order valence-corrected chi connectivity index (χ4v) is 1.24. The van der Waals surface area contributed by atoms with Gasteiger partial charge in [0.1, 0.15) is 0 Å². The first-order valence-corrected chi connectivity index (χ1v) is 5.07. The summed E-state index contributed by atoms with van der Waals surface area (Å²) in [4.78, 5) is 11.4. The Morgan fingerprint density at radius 1 is 1.39 bits per heavy atom. The summed E-state index contributed by atoms with van der Waals surface area (Å²) in [5.74, 6) is -4.83. The topological polar surface area (TPSA) is 49.3 Å². The van der Waals surface area contributed by atoms with Crippen molar-refractivity contribution in [3.8, 4) is 18.1 Å². The van der Waals surface area contributed by atoms with Gasteiger partial charge in [0, 0.05) is 13.0 Å². The number of halogens is 3. The molecule has 2 N–H and O–H groups in total. The zero-order valence-electron chi connectivity index (χ0n) is 9.27. The van der Waals surface area contributed by atoms with E-state index in [0.717, 1.165) is 0 Å². The third-order valence-electron chi connectivity index (χ3n) is 2.16. The first-order chi connectivity index (χ1) is 8.49. The van der Waals surface area contributed by atoms with Crippen molar-refractivity contribution in [3.05, 3.63) is 29.1 Å². The maximum absolute atomic E-state index is 13.3. The number of unbranched alkanes of at least 4 members (excludes halogenated alkanes) is 1. The van der Waals surface area contributed by atoms with Crippen molar-refractivity contribution in [2.75, 3.05) is 6.54 Å². The smallest absolute Gasteiger partial charge is 0.254 e. The Balaban J connectivity index is 2.84. The van der Waals surface area contributed by atoms with E-state index < -0.39 is 34.7 Å². The van der Waals surface area contributed by atoms with E-state index in [-0.39, 0.29) is 6.54 Å². The van der Waals surface area contributed by atoms with Crippen molar-refractivity contribution in [1.82, 2.24) is 5.32 Å². The maximum Gasteiger partial charge on any atom is 0.254 e. The molecule has 1 amide bonds. The minimum atomic E-state index is -1.73. The van der Waals surface area contributed by atoms with Crippen LogP contribution in [0, 0.1) is 29.8 Å². The van der Waals surface area contributed by atoms with Gasteiger partial charge in [0.05, 0.1) is 5.56 Å². The van der Waals surface area contributed by atoms with Gasteiger partial charge in [-0.25, -0.2) is 8.78 Å². The fraction of sp³-hybridized carbons (Fsp3) is 0.250. The molecule has 0 saturated carbocycles. The van der Waals surface area contributed by atoms with Crippen molar-refractivity contribution >= 4 is 5.91 Å². The van der Waals surface area contributed by atoms with Gasteiger partial charge in [-0.15, -0.1) is 12.3 Å². The molecule has 0 atom stereocenters. The van der Waals surface area contributed by atoms with Crippen LogP contribution < -0.4 is 5.32 Å². The first kappa shape index (κ1) is 13.9. The summed E-state index contributed by atoms with van der Waals surface area (Å²) in [5.41, 5.74) is -0.757. The standard InChI is InChI=1S/C12H10F3NO2/c1-2-3-4-5-16-12(18)7-6-8(13)10(15)11(17)9(7)14/h1,6,17H,3-5H2,(H,16,18). The van der Waals surface area contributed by atoms with E-state index in [4.69, 9.17) is 11.5 Å². The van der Waals surface area contributed by atoms with Crippen LogP contribution in [-0.2, 0) is 0 Å². The number of phenols is 1. The molecular formula is C12H10F3NO2. The summed E-state index contributed by atoms with van der Waals surface area (Å²) in [5, 5.41) is 11.2. The lowest BCUT2D eigenvalue weighted by atomic mass is 10.1. The van der Waals surface area contributed by atoms with E-state index in [1.807, 2.05) is 0 Å². The summed E-state index contributed by atoms with van der Waals surface area (Å²) in [6, 6.07) is 0.390. The van der Waals surface area contributed by atoms with Crippen LogP contribution in [-0.4, -0.2) is 17.6 Å². The van der Waals surface area contributed by atoms with Gasteiger partial charge < -0.3 is 10.4 Å². The van der Waals surface area contributed by atoms with Gasteiger partial charge in [-0.2, -0.15) is 4.39 Å². The molecular weight excluding hydrogens is 247 g/mol. The van der Waals surface area contributed by atoms with Crippen molar-refractivity contribution in [2.24, 2.45) is 0 Å². The number of amides is 1. The van der Waals surface area contributed by atoms with Gasteiger partial charge in [0.2, 0.25) is 5.82 Å². The summed E-state index contributed by atoms with van der Waals surface area (Å²) in [6.45, 7) is 0.169. The largest absolute Gasteiger partial charge is 0.503 e. The third-order valence-corrected chi connectivity index (χ3v) is 2.16. The second kappa shape index (κ2) is 5.96. The summed E-state index contributed by atoms with van der Waals surface area (Å²) in [6.07, 6.45) is 5.88. The minimum absolute atomic E-state index is 0.169. The second-order valence-corrected chi connectivity index (χ2v) is 3.45. The lowest BCUT2D eigenvalue weighted by molar-refractivity contribution is 0.0947. The number of terminal acetylenes is 1. The number of benzene rings is 1. The number of carbonyl (C=O) groups is 1. The molecule has 0 saturated heterocycles. The summed E-state index contributed by atoms with van der Waals surface area (Å²) < 4.78 is 39.0. The van der Waals surface area contributed by atoms with Crippen LogP contribution in [0.2, 0.25) is 0 Å². The van der Waals surface area contributed by atoms with Crippen LogP contribution in [0.3, 0.4) is 0 Å². The van der Waals surface area contributed by atoms with Crippen molar-refractivity contribution in [2.45, 2.75) is 12.8 Å². The minimum Gasteiger partial charge on any atom is -0.503 e. The zero-order chi connectivity index (χ0) is 13.7. The van der Waals surface area contributed by atoms with Crippen LogP contribution in [0.5, 0.6) is 5.75 Å². The normalized spacial score (nSPS) is 9.89. The highest BCUT2D eigenvalue weighted by atomic mass is 19.2. The zero-order valence-corrected chi connectivity index (χ0v) is 9.27. The van der Waals surface area contributed by atoms with Crippen LogP contribution in [0.25, 0.3) is 0 Å². The number of nitrogens with one attached hydrogen (secondary N) is 1. The number of rotatable bonds is 4. The number of hydrogen-bond donors (Lipinski definition) is 2. The monoisotopic (exact) mass is 257 g/mol. The SMILES string of the molecule is C#CCCCNC(=O)c1cc(F)c(F)c(O)c1F. The lowest BCUT2D eigenvalue weighted by Gasteiger charge is -2.07. The quantitative estimate of drug-likeness (QED) is 0.492. The average molecular weight is 257 g/mol. The Hall–Kier alpha value is -2.16. The molecule has 1 aromatic rings. The Morgan fingerprint density at radius 2 is 2.06 bits per heavy atom. The number of hydrogen-bond acceptors (Lipinski definition) is 2. The molecule has 0 aromatic heterocycles. The van der Waals surface area contributed by atoms with E-state index in [1.165, 1.54) is 0 Å². The van der Waals surface area contributed by atoms with E-state index in [2.05, 4.69) is 11.2 Å². The van der Waals surface area contributed by atoms with Gasteiger partial charge in [0.25, 0.3) is 5.91 Å². The van der Waals surface area contributed by atoms with Crippen molar-refractivity contribution in [1.29, 1.82) is 0 Å². The van der Waals surface area contributed by atoms with E-state index in [0.29, 0.717) is 18.9 Å².